The van der Waals surface area contributed by atoms with Gasteiger partial charge in [0, 0.05) is 30.7 Å². The first-order valence-electron chi connectivity index (χ1n) is 9.37. The highest BCUT2D eigenvalue weighted by molar-refractivity contribution is 5.40. The minimum absolute atomic E-state index is 0.0308. The Morgan fingerprint density at radius 2 is 1.74 bits per heavy atom. The molecular formula is C19H31N3O. The summed E-state index contributed by atoms with van der Waals surface area (Å²) in [6.07, 6.45) is 13.3. The molecule has 0 atom stereocenters. The highest BCUT2D eigenvalue weighted by atomic mass is 16.3. The molecule has 0 amide bonds. The SMILES string of the molecule is OC1CCC(N2CCC(CCCNc3ccncc3)CC2)CC1. The maximum absolute atomic E-state index is 9.64. The molecular weight excluding hydrogens is 286 g/mol. The first-order valence-corrected chi connectivity index (χ1v) is 9.37. The zero-order valence-corrected chi connectivity index (χ0v) is 14.2. The molecule has 128 valence electrons. The van der Waals surface area contributed by atoms with Gasteiger partial charge in [0.05, 0.1) is 6.10 Å². The van der Waals surface area contributed by atoms with E-state index in [0.717, 1.165) is 31.3 Å². The largest absolute Gasteiger partial charge is 0.393 e. The van der Waals surface area contributed by atoms with Gasteiger partial charge in [-0.1, -0.05) is 0 Å². The second-order valence-corrected chi connectivity index (χ2v) is 7.25. The van der Waals surface area contributed by atoms with Gasteiger partial charge in [-0.3, -0.25) is 4.98 Å². The predicted molar refractivity (Wildman–Crippen MR) is 94.5 cm³/mol. The van der Waals surface area contributed by atoms with Crippen LogP contribution < -0.4 is 5.32 Å². The van der Waals surface area contributed by atoms with Crippen LogP contribution in [0, 0.1) is 5.92 Å². The number of aromatic nitrogens is 1. The molecule has 23 heavy (non-hydrogen) atoms. The Morgan fingerprint density at radius 1 is 1.04 bits per heavy atom. The van der Waals surface area contributed by atoms with E-state index in [-0.39, 0.29) is 6.10 Å². The van der Waals surface area contributed by atoms with Gasteiger partial charge >= 0.3 is 0 Å². The molecule has 0 spiro atoms. The number of piperidine rings is 1. The minimum atomic E-state index is -0.0308. The molecule has 4 heteroatoms. The number of nitrogens with one attached hydrogen (secondary N) is 1. The molecule has 2 N–H and O–H groups in total. The Kier molecular flexibility index (Phi) is 6.29. The average molecular weight is 317 g/mol. The molecule has 1 saturated carbocycles. The molecule has 0 radical (unpaired) electrons. The number of aliphatic hydroxyl groups excluding tert-OH is 1. The van der Waals surface area contributed by atoms with Crippen molar-refractivity contribution in [3.05, 3.63) is 24.5 Å². The van der Waals surface area contributed by atoms with Crippen molar-refractivity contribution in [1.29, 1.82) is 0 Å². The summed E-state index contributed by atoms with van der Waals surface area (Å²) in [7, 11) is 0. The molecule has 1 aromatic rings. The van der Waals surface area contributed by atoms with Gasteiger partial charge in [-0.2, -0.15) is 0 Å². The number of hydrogen-bond acceptors (Lipinski definition) is 4. The van der Waals surface area contributed by atoms with Crippen LogP contribution in [0.15, 0.2) is 24.5 Å². The van der Waals surface area contributed by atoms with E-state index in [4.69, 9.17) is 0 Å². The Bertz CT molecular complexity index is 437. The fourth-order valence-electron chi connectivity index (χ4n) is 4.12. The fourth-order valence-corrected chi connectivity index (χ4v) is 4.12. The molecule has 2 heterocycles. The Balaban J connectivity index is 1.29. The Labute approximate surface area is 140 Å². The van der Waals surface area contributed by atoms with Crippen LogP contribution in [0.25, 0.3) is 0 Å². The molecule has 1 aliphatic heterocycles. The van der Waals surface area contributed by atoms with Crippen LogP contribution in [0.5, 0.6) is 0 Å². The van der Waals surface area contributed by atoms with E-state index in [1.807, 2.05) is 24.5 Å². The number of anilines is 1. The summed E-state index contributed by atoms with van der Waals surface area (Å²) in [5.74, 6) is 0.902. The Morgan fingerprint density at radius 3 is 2.43 bits per heavy atom. The monoisotopic (exact) mass is 317 g/mol. The average Bonchev–Trinajstić information content (AvgIpc) is 2.61. The van der Waals surface area contributed by atoms with Gasteiger partial charge in [-0.25, -0.2) is 0 Å². The van der Waals surface area contributed by atoms with Crippen LogP contribution >= 0.6 is 0 Å². The lowest BCUT2D eigenvalue weighted by Crippen LogP contribution is -2.43. The lowest BCUT2D eigenvalue weighted by Gasteiger charge is -2.40. The molecule has 1 saturated heterocycles. The number of aliphatic hydroxyl groups is 1. The normalized spacial score (nSPS) is 27.0. The summed E-state index contributed by atoms with van der Waals surface area (Å²) in [6.45, 7) is 3.59. The van der Waals surface area contributed by atoms with Crippen LogP contribution in [0.3, 0.4) is 0 Å². The third-order valence-corrected chi connectivity index (χ3v) is 5.63. The van der Waals surface area contributed by atoms with Gasteiger partial charge in [0.2, 0.25) is 0 Å². The second-order valence-electron chi connectivity index (χ2n) is 7.25. The van der Waals surface area contributed by atoms with Gasteiger partial charge in [0.1, 0.15) is 0 Å². The summed E-state index contributed by atoms with van der Waals surface area (Å²) in [6, 6.07) is 4.80. The van der Waals surface area contributed by atoms with Crippen LogP contribution in [0.2, 0.25) is 0 Å². The maximum Gasteiger partial charge on any atom is 0.0541 e. The van der Waals surface area contributed by atoms with Crippen molar-refractivity contribution < 1.29 is 5.11 Å². The first-order chi connectivity index (χ1) is 11.3. The molecule has 0 unspecified atom stereocenters. The van der Waals surface area contributed by atoms with Crippen molar-refractivity contribution >= 4 is 5.69 Å². The van der Waals surface area contributed by atoms with E-state index in [1.54, 1.807) is 0 Å². The van der Waals surface area contributed by atoms with Crippen molar-refractivity contribution in [2.24, 2.45) is 5.92 Å². The summed E-state index contributed by atoms with van der Waals surface area (Å²) < 4.78 is 0. The molecule has 3 rings (SSSR count). The van der Waals surface area contributed by atoms with Gasteiger partial charge in [-0.15, -0.1) is 0 Å². The molecule has 2 fully saturated rings. The van der Waals surface area contributed by atoms with Crippen molar-refractivity contribution in [3.8, 4) is 0 Å². The van der Waals surface area contributed by atoms with Crippen LogP contribution in [0.1, 0.15) is 51.4 Å². The summed E-state index contributed by atoms with van der Waals surface area (Å²) in [5.41, 5.74) is 1.18. The molecule has 2 aliphatic rings. The van der Waals surface area contributed by atoms with Crippen molar-refractivity contribution in [3.63, 3.8) is 0 Å². The number of nitrogens with zero attached hydrogens (tertiary/aromatic N) is 2. The van der Waals surface area contributed by atoms with Gasteiger partial charge in [0.15, 0.2) is 0 Å². The van der Waals surface area contributed by atoms with Crippen LogP contribution in [-0.4, -0.2) is 46.8 Å². The molecule has 1 aromatic heterocycles. The van der Waals surface area contributed by atoms with Crippen molar-refractivity contribution in [2.75, 3.05) is 25.0 Å². The van der Waals surface area contributed by atoms with E-state index in [2.05, 4.69) is 15.2 Å². The minimum Gasteiger partial charge on any atom is -0.393 e. The third-order valence-electron chi connectivity index (χ3n) is 5.63. The predicted octanol–water partition coefficient (Wildman–Crippen LogP) is 3.29. The molecule has 0 bridgehead atoms. The highest BCUT2D eigenvalue weighted by Crippen LogP contribution is 2.28. The van der Waals surface area contributed by atoms with Crippen LogP contribution in [0.4, 0.5) is 5.69 Å². The third kappa shape index (κ3) is 5.18. The number of pyridine rings is 1. The standard InChI is InChI=1S/C19H31N3O/c23-19-5-3-18(4-6-19)22-14-9-16(10-15-22)2-1-11-21-17-7-12-20-13-8-17/h7-8,12-13,16,18-19,23H,1-6,9-11,14-15H2,(H,20,21). The quantitative estimate of drug-likeness (QED) is 0.791. The molecule has 4 nitrogen and oxygen atoms in total. The van der Waals surface area contributed by atoms with Gasteiger partial charge in [0.25, 0.3) is 0 Å². The van der Waals surface area contributed by atoms with Crippen molar-refractivity contribution in [2.45, 2.75) is 63.5 Å². The summed E-state index contributed by atoms with van der Waals surface area (Å²) in [4.78, 5) is 6.73. The van der Waals surface area contributed by atoms with E-state index in [9.17, 15) is 5.11 Å². The van der Waals surface area contributed by atoms with Crippen LogP contribution in [-0.2, 0) is 0 Å². The molecule has 0 aromatic carbocycles. The zero-order chi connectivity index (χ0) is 15.9. The second kappa shape index (κ2) is 8.65. The zero-order valence-electron chi connectivity index (χ0n) is 14.2. The van der Waals surface area contributed by atoms with Crippen molar-refractivity contribution in [1.82, 2.24) is 9.88 Å². The lowest BCUT2D eigenvalue weighted by molar-refractivity contribution is 0.0549. The van der Waals surface area contributed by atoms with E-state index < -0.39 is 0 Å². The number of hydrogen-bond donors (Lipinski definition) is 2. The Hall–Kier alpha value is -1.13. The smallest absolute Gasteiger partial charge is 0.0541 e. The van der Waals surface area contributed by atoms with E-state index in [1.165, 1.54) is 57.3 Å². The van der Waals surface area contributed by atoms with Gasteiger partial charge in [-0.05, 0) is 82.5 Å². The first kappa shape index (κ1) is 16.7. The van der Waals surface area contributed by atoms with E-state index >= 15 is 0 Å². The summed E-state index contributed by atoms with van der Waals surface area (Å²) in [5, 5.41) is 13.1. The number of rotatable bonds is 6. The fraction of sp³-hybridized carbons (Fsp3) is 0.737. The lowest BCUT2D eigenvalue weighted by atomic mass is 9.87. The summed E-state index contributed by atoms with van der Waals surface area (Å²) >= 11 is 0. The topological polar surface area (TPSA) is 48.4 Å². The van der Waals surface area contributed by atoms with E-state index in [0.29, 0.717) is 0 Å². The number of likely N-dealkylation sites (tertiary alicyclic amines) is 1. The molecule has 1 aliphatic carbocycles. The maximum atomic E-state index is 9.64. The highest BCUT2D eigenvalue weighted by Gasteiger charge is 2.28. The van der Waals surface area contributed by atoms with Gasteiger partial charge < -0.3 is 15.3 Å².